The lowest BCUT2D eigenvalue weighted by Gasteiger charge is -2.14. The van der Waals surface area contributed by atoms with Crippen molar-refractivity contribution in [2.75, 3.05) is 5.73 Å². The number of nitrogens with zero attached hydrogens (tertiary/aromatic N) is 2. The average Bonchev–Trinajstić information content (AvgIpc) is 3.08. The molecule has 0 radical (unpaired) electrons. The fourth-order valence-electron chi connectivity index (χ4n) is 4.31. The lowest BCUT2D eigenvalue weighted by atomic mass is 9.92. The Kier molecular flexibility index (Phi) is 10.5. The summed E-state index contributed by atoms with van der Waals surface area (Å²) < 4.78 is 2.06. The number of anilines is 1. The minimum absolute atomic E-state index is 0. The van der Waals surface area contributed by atoms with Gasteiger partial charge in [0.2, 0.25) is 11.9 Å². The molecule has 0 bridgehead atoms. The van der Waals surface area contributed by atoms with Gasteiger partial charge >= 0.3 is 0 Å². The van der Waals surface area contributed by atoms with E-state index in [1.54, 1.807) is 0 Å². The van der Waals surface area contributed by atoms with Crippen molar-refractivity contribution in [2.45, 2.75) is 77.2 Å². The number of rotatable bonds is 13. The number of aryl methyl sites for hydroxylation is 2. The number of hydrogen-bond donors (Lipinski definition) is 2. The van der Waals surface area contributed by atoms with Crippen LogP contribution in [0.25, 0.3) is 11.0 Å². The van der Waals surface area contributed by atoms with Gasteiger partial charge in [0.1, 0.15) is 0 Å². The molecule has 174 valence electrons. The topological polar surface area (TPSA) is 86.9 Å². The number of carbonyl (C=O) groups is 1. The van der Waals surface area contributed by atoms with E-state index >= 15 is 0 Å². The third-order valence-electron chi connectivity index (χ3n) is 6.08. The number of nitrogen functional groups attached to an aromatic ring is 1. The maximum Gasteiger partial charge on any atom is 0.224 e. The Morgan fingerprint density at radius 3 is 2.44 bits per heavy atom. The zero-order valence-electron chi connectivity index (χ0n) is 19.1. The Balaban J connectivity index is 0.00000363. The van der Waals surface area contributed by atoms with Crippen molar-refractivity contribution in [1.29, 1.82) is 0 Å². The molecule has 3 rings (SSSR count). The molecule has 0 aliphatic carbocycles. The quantitative estimate of drug-likeness (QED) is 0.309. The molecule has 1 atom stereocenters. The van der Waals surface area contributed by atoms with Gasteiger partial charge in [-0.1, -0.05) is 81.8 Å². The van der Waals surface area contributed by atoms with Crippen LogP contribution in [0.5, 0.6) is 0 Å². The number of carbonyl (C=O) groups excluding carboxylic acids is 1. The second-order valence-corrected chi connectivity index (χ2v) is 8.47. The molecular weight excluding hydrogens is 420 g/mol. The van der Waals surface area contributed by atoms with Crippen molar-refractivity contribution >= 4 is 35.3 Å². The van der Waals surface area contributed by atoms with E-state index in [9.17, 15) is 4.79 Å². The van der Waals surface area contributed by atoms with Gasteiger partial charge in [-0.25, -0.2) is 4.98 Å². The minimum atomic E-state index is -0.264. The highest BCUT2D eigenvalue weighted by Gasteiger charge is 2.19. The summed E-state index contributed by atoms with van der Waals surface area (Å²) >= 11 is 0. The molecule has 0 aliphatic heterocycles. The van der Waals surface area contributed by atoms with Gasteiger partial charge in [0.05, 0.1) is 17.0 Å². The number of aromatic nitrogens is 2. The molecule has 6 heteroatoms. The second-order valence-electron chi connectivity index (χ2n) is 8.47. The van der Waals surface area contributed by atoms with E-state index in [2.05, 4.69) is 40.7 Å². The summed E-state index contributed by atoms with van der Waals surface area (Å²) in [5.41, 5.74) is 16.1. The summed E-state index contributed by atoms with van der Waals surface area (Å²) in [6, 6.07) is 16.5. The number of imidazole rings is 1. The van der Waals surface area contributed by atoms with Crippen molar-refractivity contribution in [3.63, 3.8) is 0 Å². The Morgan fingerprint density at radius 1 is 1.00 bits per heavy atom. The van der Waals surface area contributed by atoms with Crippen molar-refractivity contribution in [3.8, 4) is 0 Å². The van der Waals surface area contributed by atoms with Crippen LogP contribution < -0.4 is 11.5 Å². The number of unbranched alkanes of at least 4 members (excludes halogenated alkanes) is 5. The zero-order valence-corrected chi connectivity index (χ0v) is 19.9. The van der Waals surface area contributed by atoms with Gasteiger partial charge in [-0.05, 0) is 42.5 Å². The molecular formula is C26H37ClN4O. The summed E-state index contributed by atoms with van der Waals surface area (Å²) in [4.78, 5) is 16.7. The molecule has 1 amide bonds. The molecule has 0 saturated heterocycles. The standard InChI is InChI=1S/C26H36N4O.ClH/c1-2-3-4-5-6-10-15-22(25(27)31)21-16-17-24-23(19-21)29-26(28)30(24)18-11-14-20-12-8-7-9-13-20;/h7-9,12-13,16-17,19,22H,2-6,10-11,14-15,18H2,1H3,(H2,27,31)(H2,28,29);1H. The van der Waals surface area contributed by atoms with Gasteiger partial charge in [-0.15, -0.1) is 12.4 Å². The SMILES string of the molecule is CCCCCCCCC(C(N)=O)c1ccc2c(c1)nc(N)n2CCCc1ccccc1.Cl. The number of nitrogens with two attached hydrogens (primary N) is 2. The maximum atomic E-state index is 12.1. The highest BCUT2D eigenvalue weighted by Crippen LogP contribution is 2.27. The summed E-state index contributed by atoms with van der Waals surface area (Å²) in [5.74, 6) is -0.00466. The number of halogens is 1. The van der Waals surface area contributed by atoms with Gasteiger partial charge in [-0.3, -0.25) is 4.79 Å². The van der Waals surface area contributed by atoms with Gasteiger partial charge in [0.25, 0.3) is 0 Å². The smallest absolute Gasteiger partial charge is 0.224 e. The minimum Gasteiger partial charge on any atom is -0.369 e. The van der Waals surface area contributed by atoms with Crippen LogP contribution in [0.15, 0.2) is 48.5 Å². The maximum absolute atomic E-state index is 12.1. The molecule has 1 unspecified atom stereocenters. The monoisotopic (exact) mass is 456 g/mol. The third kappa shape index (κ3) is 6.99. The first-order valence-electron chi connectivity index (χ1n) is 11.7. The fourth-order valence-corrected chi connectivity index (χ4v) is 4.31. The van der Waals surface area contributed by atoms with Gasteiger partial charge in [0, 0.05) is 6.54 Å². The van der Waals surface area contributed by atoms with Crippen LogP contribution in [0.1, 0.15) is 75.3 Å². The van der Waals surface area contributed by atoms with E-state index in [4.69, 9.17) is 11.5 Å². The first-order chi connectivity index (χ1) is 15.1. The average molecular weight is 457 g/mol. The predicted molar refractivity (Wildman–Crippen MR) is 136 cm³/mol. The molecule has 2 aromatic carbocycles. The van der Waals surface area contributed by atoms with Crippen molar-refractivity contribution in [3.05, 3.63) is 59.7 Å². The lowest BCUT2D eigenvalue weighted by Crippen LogP contribution is -2.21. The van der Waals surface area contributed by atoms with E-state index in [-0.39, 0.29) is 24.2 Å². The summed E-state index contributed by atoms with van der Waals surface area (Å²) in [6.45, 7) is 3.03. The number of primary amides is 1. The van der Waals surface area contributed by atoms with Crippen molar-refractivity contribution in [2.24, 2.45) is 5.73 Å². The Labute approximate surface area is 198 Å². The van der Waals surface area contributed by atoms with Gasteiger partial charge in [0.15, 0.2) is 0 Å². The highest BCUT2D eigenvalue weighted by atomic mass is 35.5. The summed E-state index contributed by atoms with van der Waals surface area (Å²) in [7, 11) is 0. The molecule has 1 heterocycles. The van der Waals surface area contributed by atoms with Crippen LogP contribution in [0.4, 0.5) is 5.95 Å². The van der Waals surface area contributed by atoms with Crippen LogP contribution >= 0.6 is 12.4 Å². The van der Waals surface area contributed by atoms with E-state index in [1.165, 1.54) is 31.2 Å². The van der Waals surface area contributed by atoms with Crippen LogP contribution in [-0.4, -0.2) is 15.5 Å². The normalized spacial score (nSPS) is 11.9. The fraction of sp³-hybridized carbons (Fsp3) is 0.462. The van der Waals surface area contributed by atoms with Crippen molar-refractivity contribution in [1.82, 2.24) is 9.55 Å². The third-order valence-corrected chi connectivity index (χ3v) is 6.08. The van der Waals surface area contributed by atoms with Crippen LogP contribution in [0.3, 0.4) is 0 Å². The first-order valence-corrected chi connectivity index (χ1v) is 11.7. The molecule has 1 aromatic heterocycles. The second kappa shape index (κ2) is 13.1. The predicted octanol–water partition coefficient (Wildman–Crippen LogP) is 5.99. The van der Waals surface area contributed by atoms with E-state index in [0.29, 0.717) is 5.95 Å². The molecule has 0 fully saturated rings. The number of amides is 1. The Bertz CT molecular complexity index is 971. The molecule has 0 saturated carbocycles. The zero-order chi connectivity index (χ0) is 22.1. The van der Waals surface area contributed by atoms with Gasteiger partial charge < -0.3 is 16.0 Å². The molecule has 32 heavy (non-hydrogen) atoms. The summed E-state index contributed by atoms with van der Waals surface area (Å²) in [5, 5.41) is 0. The highest BCUT2D eigenvalue weighted by molar-refractivity contribution is 5.85. The number of fused-ring (bicyclic) bond motifs is 1. The Morgan fingerprint density at radius 2 is 1.72 bits per heavy atom. The molecule has 0 aliphatic rings. The molecule has 4 N–H and O–H groups in total. The number of hydrogen-bond acceptors (Lipinski definition) is 3. The van der Waals surface area contributed by atoms with Crippen LogP contribution in [-0.2, 0) is 17.8 Å². The largest absolute Gasteiger partial charge is 0.369 e. The summed E-state index contributed by atoms with van der Waals surface area (Å²) in [6.07, 6.45) is 9.97. The van der Waals surface area contributed by atoms with Gasteiger partial charge in [-0.2, -0.15) is 0 Å². The van der Waals surface area contributed by atoms with E-state index < -0.39 is 0 Å². The van der Waals surface area contributed by atoms with Crippen LogP contribution in [0, 0.1) is 0 Å². The molecule has 5 nitrogen and oxygen atoms in total. The molecule has 0 spiro atoms. The van der Waals surface area contributed by atoms with Crippen LogP contribution in [0.2, 0.25) is 0 Å². The van der Waals surface area contributed by atoms with E-state index in [0.717, 1.165) is 55.2 Å². The Hall–Kier alpha value is -2.53. The van der Waals surface area contributed by atoms with Crippen molar-refractivity contribution < 1.29 is 4.79 Å². The number of benzene rings is 2. The first kappa shape index (κ1) is 25.7. The lowest BCUT2D eigenvalue weighted by molar-refractivity contribution is -0.119. The van der Waals surface area contributed by atoms with E-state index in [1.807, 2.05) is 24.3 Å². The molecule has 3 aromatic rings.